The van der Waals surface area contributed by atoms with Crippen LogP contribution in [0.4, 0.5) is 5.69 Å². The van der Waals surface area contributed by atoms with E-state index < -0.39 is 0 Å². The quantitative estimate of drug-likeness (QED) is 0.511. The molecule has 0 atom stereocenters. The maximum Gasteiger partial charge on any atom is 0.266 e. The molecule has 2 amide bonds. The van der Waals surface area contributed by atoms with E-state index in [2.05, 4.69) is 0 Å². The van der Waals surface area contributed by atoms with Crippen molar-refractivity contribution in [1.82, 2.24) is 9.55 Å². The molecule has 0 spiro atoms. The van der Waals surface area contributed by atoms with Gasteiger partial charge in [-0.2, -0.15) is 0 Å². The van der Waals surface area contributed by atoms with E-state index in [4.69, 9.17) is 4.98 Å². The second-order valence-electron chi connectivity index (χ2n) is 6.52. The highest BCUT2D eigenvalue weighted by molar-refractivity contribution is 6.34. The molecule has 1 aliphatic heterocycles. The van der Waals surface area contributed by atoms with Crippen LogP contribution >= 0.6 is 0 Å². The van der Waals surface area contributed by atoms with Gasteiger partial charge in [0.15, 0.2) is 0 Å². The summed E-state index contributed by atoms with van der Waals surface area (Å²) >= 11 is 0. The van der Waals surface area contributed by atoms with Crippen molar-refractivity contribution in [2.75, 3.05) is 4.90 Å². The number of aryl methyl sites for hydroxylation is 1. The number of amides is 2. The maximum atomic E-state index is 12.7. The van der Waals surface area contributed by atoms with Gasteiger partial charge in [-0.1, -0.05) is 42.5 Å². The van der Waals surface area contributed by atoms with Gasteiger partial charge in [-0.25, -0.2) is 9.88 Å². The summed E-state index contributed by atoms with van der Waals surface area (Å²) < 4.78 is 2.01. The minimum Gasteiger partial charge on any atom is -0.327 e. The Kier molecular flexibility index (Phi) is 3.24. The molecule has 2 heterocycles. The normalized spacial score (nSPS) is 13.4. The first-order chi connectivity index (χ1) is 13.1. The molecule has 0 N–H and O–H groups in total. The topological polar surface area (TPSA) is 55.2 Å². The van der Waals surface area contributed by atoms with Crippen LogP contribution in [0.25, 0.3) is 22.4 Å². The number of fused-ring (bicyclic) bond motifs is 2. The fraction of sp³-hybridized carbons (Fsp3) is 0.0455. The van der Waals surface area contributed by atoms with Crippen LogP contribution in [-0.4, -0.2) is 21.4 Å². The van der Waals surface area contributed by atoms with Crippen LogP contribution in [-0.2, 0) is 7.05 Å². The Morgan fingerprint density at radius 1 is 0.778 bits per heavy atom. The summed E-state index contributed by atoms with van der Waals surface area (Å²) in [6, 6.07) is 22.3. The third-order valence-electron chi connectivity index (χ3n) is 4.95. The summed E-state index contributed by atoms with van der Waals surface area (Å²) in [4.78, 5) is 31.4. The number of hydrogen-bond donors (Lipinski definition) is 0. The van der Waals surface area contributed by atoms with E-state index in [1.54, 1.807) is 36.4 Å². The van der Waals surface area contributed by atoms with Gasteiger partial charge < -0.3 is 4.57 Å². The van der Waals surface area contributed by atoms with Gasteiger partial charge in [0, 0.05) is 12.6 Å². The molecule has 0 unspecified atom stereocenters. The lowest BCUT2D eigenvalue weighted by molar-refractivity contribution is 0.0926. The zero-order valence-corrected chi connectivity index (χ0v) is 14.6. The number of nitrogens with zero attached hydrogens (tertiary/aromatic N) is 3. The SMILES string of the molecule is Cn1c(-c2ccccc2)nc2cc(N3C(=O)c4ccccc4C3=O)ccc21. The summed E-state index contributed by atoms with van der Waals surface area (Å²) in [5, 5.41) is 0. The van der Waals surface area contributed by atoms with Gasteiger partial charge in [0.25, 0.3) is 11.8 Å². The first-order valence-corrected chi connectivity index (χ1v) is 8.65. The van der Waals surface area contributed by atoms with Gasteiger partial charge in [-0.05, 0) is 30.3 Å². The van der Waals surface area contributed by atoms with Crippen molar-refractivity contribution in [3.63, 3.8) is 0 Å². The zero-order valence-electron chi connectivity index (χ0n) is 14.6. The molecule has 0 radical (unpaired) electrons. The number of rotatable bonds is 2. The number of hydrogen-bond acceptors (Lipinski definition) is 3. The molecule has 1 aliphatic rings. The predicted octanol–water partition coefficient (Wildman–Crippen LogP) is 4.04. The Labute approximate surface area is 155 Å². The van der Waals surface area contributed by atoms with Crippen LogP contribution in [0, 0.1) is 0 Å². The third-order valence-corrected chi connectivity index (χ3v) is 4.95. The first kappa shape index (κ1) is 15.5. The van der Waals surface area contributed by atoms with E-state index >= 15 is 0 Å². The van der Waals surface area contributed by atoms with Crippen molar-refractivity contribution in [3.8, 4) is 11.4 Å². The molecule has 27 heavy (non-hydrogen) atoms. The van der Waals surface area contributed by atoms with Crippen LogP contribution in [0.2, 0.25) is 0 Å². The third kappa shape index (κ3) is 2.22. The fourth-order valence-electron chi connectivity index (χ4n) is 3.60. The molecule has 5 rings (SSSR count). The standard InChI is InChI=1S/C22H15N3O2/c1-24-19-12-11-15(13-18(19)23-20(24)14-7-3-2-4-8-14)25-21(26)16-9-5-6-10-17(16)22(25)27/h2-13H,1H3. The molecule has 0 saturated carbocycles. The highest BCUT2D eigenvalue weighted by atomic mass is 16.2. The molecular weight excluding hydrogens is 338 g/mol. The summed E-state index contributed by atoms with van der Waals surface area (Å²) in [5.74, 6) is 0.244. The average Bonchev–Trinajstić information content (AvgIpc) is 3.17. The van der Waals surface area contributed by atoms with Gasteiger partial charge in [0.1, 0.15) is 5.82 Å². The van der Waals surface area contributed by atoms with Crippen molar-refractivity contribution in [3.05, 3.63) is 83.9 Å². The van der Waals surface area contributed by atoms with Crippen molar-refractivity contribution >= 4 is 28.5 Å². The molecule has 0 aliphatic carbocycles. The second kappa shape index (κ2) is 5.64. The van der Waals surface area contributed by atoms with Crippen LogP contribution in [0.3, 0.4) is 0 Å². The molecule has 5 heteroatoms. The molecule has 1 aromatic heterocycles. The Bertz CT molecular complexity index is 1190. The lowest BCUT2D eigenvalue weighted by Crippen LogP contribution is -2.29. The van der Waals surface area contributed by atoms with Crippen molar-refractivity contribution in [1.29, 1.82) is 0 Å². The van der Waals surface area contributed by atoms with Gasteiger partial charge in [0.05, 0.1) is 27.8 Å². The van der Waals surface area contributed by atoms with Crippen LogP contribution in [0.15, 0.2) is 72.8 Å². The van der Waals surface area contributed by atoms with Gasteiger partial charge in [-0.15, -0.1) is 0 Å². The zero-order chi connectivity index (χ0) is 18.5. The van der Waals surface area contributed by atoms with E-state index in [0.717, 1.165) is 22.4 Å². The molecule has 130 valence electrons. The highest BCUT2D eigenvalue weighted by Gasteiger charge is 2.36. The van der Waals surface area contributed by atoms with Gasteiger partial charge >= 0.3 is 0 Å². The number of benzene rings is 3. The number of imidazole rings is 1. The van der Waals surface area contributed by atoms with Crippen molar-refractivity contribution in [2.24, 2.45) is 7.05 Å². The molecule has 0 fully saturated rings. The minimum absolute atomic E-state index is 0.297. The summed E-state index contributed by atoms with van der Waals surface area (Å²) in [7, 11) is 1.96. The van der Waals surface area contributed by atoms with E-state index in [1.807, 2.05) is 48.0 Å². The first-order valence-electron chi connectivity index (χ1n) is 8.65. The van der Waals surface area contributed by atoms with E-state index in [-0.39, 0.29) is 11.8 Å². The van der Waals surface area contributed by atoms with Crippen LogP contribution in [0.5, 0.6) is 0 Å². The van der Waals surface area contributed by atoms with Crippen molar-refractivity contribution in [2.45, 2.75) is 0 Å². The summed E-state index contributed by atoms with van der Waals surface area (Å²) in [6.07, 6.45) is 0. The Morgan fingerprint density at radius 3 is 2.07 bits per heavy atom. The Balaban J connectivity index is 1.62. The fourth-order valence-corrected chi connectivity index (χ4v) is 3.60. The minimum atomic E-state index is -0.297. The number of anilines is 1. The predicted molar refractivity (Wildman–Crippen MR) is 104 cm³/mol. The molecule has 4 aromatic rings. The average molecular weight is 353 g/mol. The molecule has 0 bridgehead atoms. The van der Waals surface area contributed by atoms with Crippen LogP contribution < -0.4 is 4.90 Å². The number of imide groups is 1. The Hall–Kier alpha value is -3.73. The lowest BCUT2D eigenvalue weighted by Gasteiger charge is -2.13. The summed E-state index contributed by atoms with van der Waals surface area (Å²) in [6.45, 7) is 0. The van der Waals surface area contributed by atoms with E-state index in [9.17, 15) is 9.59 Å². The van der Waals surface area contributed by atoms with E-state index in [1.165, 1.54) is 4.90 Å². The monoisotopic (exact) mass is 353 g/mol. The number of carbonyl (C=O) groups excluding carboxylic acids is 2. The van der Waals surface area contributed by atoms with Crippen molar-refractivity contribution < 1.29 is 9.59 Å². The number of carbonyl (C=O) groups is 2. The highest BCUT2D eigenvalue weighted by Crippen LogP contribution is 2.31. The number of aromatic nitrogens is 2. The molecule has 5 nitrogen and oxygen atoms in total. The lowest BCUT2D eigenvalue weighted by atomic mass is 10.1. The maximum absolute atomic E-state index is 12.7. The summed E-state index contributed by atoms with van der Waals surface area (Å²) in [5.41, 5.74) is 4.10. The molecular formula is C22H15N3O2. The Morgan fingerprint density at radius 2 is 1.41 bits per heavy atom. The van der Waals surface area contributed by atoms with E-state index in [0.29, 0.717) is 16.8 Å². The second-order valence-corrected chi connectivity index (χ2v) is 6.52. The smallest absolute Gasteiger partial charge is 0.266 e. The molecule has 3 aromatic carbocycles. The molecule has 0 saturated heterocycles. The largest absolute Gasteiger partial charge is 0.327 e. The van der Waals surface area contributed by atoms with Gasteiger partial charge in [0.2, 0.25) is 0 Å². The van der Waals surface area contributed by atoms with Gasteiger partial charge in [-0.3, -0.25) is 9.59 Å². The van der Waals surface area contributed by atoms with Crippen LogP contribution in [0.1, 0.15) is 20.7 Å².